The second-order valence-corrected chi connectivity index (χ2v) is 9.84. The molecule has 6 heteroatoms. The first-order valence-electron chi connectivity index (χ1n) is 10.9. The summed E-state index contributed by atoms with van der Waals surface area (Å²) in [6, 6.07) is 17.3. The van der Waals surface area contributed by atoms with Gasteiger partial charge in [-0.2, -0.15) is 0 Å². The second kappa shape index (κ2) is 8.56. The lowest BCUT2D eigenvalue weighted by Crippen LogP contribution is -2.30. The van der Waals surface area contributed by atoms with Crippen LogP contribution in [0.4, 0.5) is 4.79 Å². The van der Waals surface area contributed by atoms with Gasteiger partial charge in [0.1, 0.15) is 5.70 Å². The van der Waals surface area contributed by atoms with Gasteiger partial charge >= 0.3 is 6.03 Å². The monoisotopic (exact) mass is 461 g/mol. The maximum absolute atomic E-state index is 13.0. The van der Waals surface area contributed by atoms with E-state index in [1.54, 1.807) is 12.1 Å². The first-order valence-corrected chi connectivity index (χ1v) is 11.3. The average molecular weight is 462 g/mol. The fourth-order valence-electron chi connectivity index (χ4n) is 4.11. The van der Waals surface area contributed by atoms with E-state index >= 15 is 0 Å². The van der Waals surface area contributed by atoms with Crippen LogP contribution in [0, 0.1) is 13.8 Å². The van der Waals surface area contributed by atoms with Gasteiger partial charge in [-0.05, 0) is 66.3 Å². The Morgan fingerprint density at radius 2 is 1.67 bits per heavy atom. The maximum atomic E-state index is 13.0. The molecule has 0 aliphatic carbocycles. The first kappa shape index (κ1) is 22.9. The fourth-order valence-corrected chi connectivity index (χ4v) is 4.30. The number of aryl methyl sites for hydroxylation is 1. The van der Waals surface area contributed by atoms with Crippen LogP contribution in [0.2, 0.25) is 5.02 Å². The molecule has 33 heavy (non-hydrogen) atoms. The molecular weight excluding hydrogens is 434 g/mol. The third-order valence-corrected chi connectivity index (χ3v) is 6.38. The SMILES string of the molecule is Cc1cc(/C=C2\NC(=O)N(Cc3ccccc3Cl)C2=O)c(C)n1-c1ccc(C(C)(C)C)cc1. The predicted molar refractivity (Wildman–Crippen MR) is 132 cm³/mol. The van der Waals surface area contributed by atoms with Gasteiger partial charge in [-0.15, -0.1) is 0 Å². The van der Waals surface area contributed by atoms with Crippen LogP contribution < -0.4 is 5.32 Å². The van der Waals surface area contributed by atoms with Crippen molar-refractivity contribution in [3.63, 3.8) is 0 Å². The van der Waals surface area contributed by atoms with Crippen LogP contribution in [0.1, 0.15) is 48.8 Å². The van der Waals surface area contributed by atoms with Crippen molar-refractivity contribution in [3.8, 4) is 5.69 Å². The Balaban J connectivity index is 1.62. The molecule has 3 amide bonds. The van der Waals surface area contributed by atoms with E-state index in [2.05, 4.69) is 54.9 Å². The lowest BCUT2D eigenvalue weighted by Gasteiger charge is -2.20. The number of hydrogen-bond donors (Lipinski definition) is 1. The molecular formula is C27H28ClN3O2. The largest absolute Gasteiger partial charge is 0.329 e. The van der Waals surface area contributed by atoms with Crippen LogP contribution in [0.25, 0.3) is 11.8 Å². The molecule has 0 spiro atoms. The molecule has 0 bridgehead atoms. The number of imide groups is 1. The zero-order valence-corrected chi connectivity index (χ0v) is 20.3. The van der Waals surface area contributed by atoms with Gasteiger partial charge in [0.25, 0.3) is 5.91 Å². The number of carbonyl (C=O) groups excluding carboxylic acids is 2. The Morgan fingerprint density at radius 3 is 2.30 bits per heavy atom. The summed E-state index contributed by atoms with van der Waals surface area (Å²) in [5.74, 6) is -0.362. The van der Waals surface area contributed by atoms with E-state index in [1.807, 2.05) is 38.1 Å². The van der Waals surface area contributed by atoms with Crippen LogP contribution in [-0.2, 0) is 16.8 Å². The summed E-state index contributed by atoms with van der Waals surface area (Å²) in [5.41, 5.74) is 6.33. The van der Waals surface area contributed by atoms with Crippen molar-refractivity contribution in [2.75, 3.05) is 0 Å². The molecule has 3 aromatic rings. The number of carbonyl (C=O) groups is 2. The summed E-state index contributed by atoms with van der Waals surface area (Å²) in [6.07, 6.45) is 1.75. The second-order valence-electron chi connectivity index (χ2n) is 9.43. The molecule has 1 aliphatic rings. The molecule has 1 N–H and O–H groups in total. The third kappa shape index (κ3) is 4.46. The number of rotatable bonds is 4. The average Bonchev–Trinajstić information content (AvgIpc) is 3.18. The topological polar surface area (TPSA) is 54.3 Å². The molecule has 0 atom stereocenters. The first-order chi connectivity index (χ1) is 15.6. The van der Waals surface area contributed by atoms with Gasteiger partial charge in [-0.25, -0.2) is 4.79 Å². The summed E-state index contributed by atoms with van der Waals surface area (Å²) in [5, 5.41) is 3.23. The van der Waals surface area contributed by atoms with E-state index < -0.39 is 6.03 Å². The quantitative estimate of drug-likeness (QED) is 0.375. The number of urea groups is 1. The molecule has 2 aromatic carbocycles. The zero-order valence-electron chi connectivity index (χ0n) is 19.6. The van der Waals surface area contributed by atoms with Crippen molar-refractivity contribution < 1.29 is 9.59 Å². The number of hydrogen-bond acceptors (Lipinski definition) is 2. The Morgan fingerprint density at radius 1 is 1.00 bits per heavy atom. The van der Waals surface area contributed by atoms with Crippen molar-refractivity contribution in [1.29, 1.82) is 0 Å². The molecule has 1 aliphatic heterocycles. The Kier molecular flexibility index (Phi) is 5.93. The molecule has 1 fully saturated rings. The molecule has 4 rings (SSSR count). The van der Waals surface area contributed by atoms with Gasteiger partial charge in [0.2, 0.25) is 0 Å². The summed E-state index contributed by atoms with van der Waals surface area (Å²) < 4.78 is 2.15. The van der Waals surface area contributed by atoms with Crippen molar-refractivity contribution in [2.45, 2.75) is 46.6 Å². The van der Waals surface area contributed by atoms with Gasteiger partial charge in [-0.1, -0.05) is 62.7 Å². The van der Waals surface area contributed by atoms with Crippen LogP contribution >= 0.6 is 11.6 Å². The number of benzene rings is 2. The number of amides is 3. The van der Waals surface area contributed by atoms with E-state index in [9.17, 15) is 9.59 Å². The minimum Gasteiger partial charge on any atom is -0.318 e. The minimum absolute atomic E-state index is 0.0891. The highest BCUT2D eigenvalue weighted by Gasteiger charge is 2.34. The fraction of sp³-hybridized carbons (Fsp3) is 0.259. The Bertz CT molecular complexity index is 1260. The molecule has 0 saturated carbocycles. The van der Waals surface area contributed by atoms with E-state index in [1.165, 1.54) is 10.5 Å². The number of aromatic nitrogens is 1. The third-order valence-electron chi connectivity index (χ3n) is 6.01. The standard InChI is InChI=1S/C27H28ClN3O2/c1-17-14-20(18(2)31(17)22-12-10-21(11-13-22)27(3,4)5)15-24-25(32)30(26(33)29-24)16-19-8-6-7-9-23(19)28/h6-15H,16H2,1-5H3,(H,29,33)/b24-15-. The van der Waals surface area contributed by atoms with Crippen LogP contribution in [0.3, 0.4) is 0 Å². The Labute approximate surface area is 199 Å². The molecule has 170 valence electrons. The Hall–Kier alpha value is -3.31. The predicted octanol–water partition coefficient (Wildman–Crippen LogP) is 6.14. The van der Waals surface area contributed by atoms with E-state index in [4.69, 9.17) is 11.6 Å². The summed E-state index contributed by atoms with van der Waals surface area (Å²) >= 11 is 6.21. The van der Waals surface area contributed by atoms with E-state index in [0.29, 0.717) is 5.02 Å². The van der Waals surface area contributed by atoms with Crippen molar-refractivity contribution in [1.82, 2.24) is 14.8 Å². The normalized spacial score (nSPS) is 15.5. The lowest BCUT2D eigenvalue weighted by atomic mass is 9.87. The molecule has 0 radical (unpaired) electrons. The van der Waals surface area contributed by atoms with Crippen molar-refractivity contribution in [2.24, 2.45) is 0 Å². The molecule has 2 heterocycles. The minimum atomic E-state index is -0.447. The van der Waals surface area contributed by atoms with Crippen LogP contribution in [0.5, 0.6) is 0 Å². The van der Waals surface area contributed by atoms with E-state index in [-0.39, 0.29) is 23.6 Å². The molecule has 1 saturated heterocycles. The molecule has 1 aromatic heterocycles. The van der Waals surface area contributed by atoms with Gasteiger partial charge in [0, 0.05) is 22.1 Å². The highest BCUT2D eigenvalue weighted by atomic mass is 35.5. The van der Waals surface area contributed by atoms with Crippen LogP contribution in [-0.4, -0.2) is 21.4 Å². The van der Waals surface area contributed by atoms with Gasteiger partial charge in [0.15, 0.2) is 0 Å². The van der Waals surface area contributed by atoms with E-state index in [0.717, 1.165) is 28.2 Å². The highest BCUT2D eigenvalue weighted by molar-refractivity contribution is 6.31. The smallest absolute Gasteiger partial charge is 0.318 e. The highest BCUT2D eigenvalue weighted by Crippen LogP contribution is 2.27. The van der Waals surface area contributed by atoms with Crippen molar-refractivity contribution in [3.05, 3.63) is 93.4 Å². The number of halogens is 1. The summed E-state index contributed by atoms with van der Waals surface area (Å²) in [4.78, 5) is 26.6. The summed E-state index contributed by atoms with van der Waals surface area (Å²) in [6.45, 7) is 10.8. The number of nitrogens with one attached hydrogen (secondary N) is 1. The van der Waals surface area contributed by atoms with Gasteiger partial charge in [0.05, 0.1) is 6.54 Å². The molecule has 0 unspecified atom stereocenters. The zero-order chi connectivity index (χ0) is 23.9. The van der Waals surface area contributed by atoms with Gasteiger partial charge in [-0.3, -0.25) is 9.69 Å². The molecule has 5 nitrogen and oxygen atoms in total. The van der Waals surface area contributed by atoms with Crippen LogP contribution in [0.15, 0.2) is 60.3 Å². The van der Waals surface area contributed by atoms with Gasteiger partial charge < -0.3 is 9.88 Å². The lowest BCUT2D eigenvalue weighted by molar-refractivity contribution is -0.123. The maximum Gasteiger partial charge on any atom is 0.329 e. The van der Waals surface area contributed by atoms with Crippen molar-refractivity contribution >= 4 is 29.6 Å². The number of nitrogens with zero attached hydrogens (tertiary/aromatic N) is 2. The summed E-state index contributed by atoms with van der Waals surface area (Å²) in [7, 11) is 0.